The summed E-state index contributed by atoms with van der Waals surface area (Å²) in [6.45, 7) is 9.49. The largest absolute Gasteiger partial charge is 0.307 e. The molecular weight excluding hydrogens is 472 g/mol. The topological polar surface area (TPSA) is 8.29 Å². The molecule has 0 atom stereocenters. The van der Waals surface area contributed by atoms with Gasteiger partial charge in [-0.3, -0.25) is 0 Å². The second-order valence-electron chi connectivity index (χ2n) is 13.4. The van der Waals surface area contributed by atoms with E-state index in [9.17, 15) is 0 Å². The Morgan fingerprint density at radius 3 is 2.26 bits per heavy atom. The zero-order valence-corrected chi connectivity index (χ0v) is 23.9. The van der Waals surface area contributed by atoms with Crippen molar-refractivity contribution in [2.45, 2.75) is 65.7 Å². The first-order valence-corrected chi connectivity index (χ1v) is 14.8. The van der Waals surface area contributed by atoms with E-state index in [4.69, 9.17) is 0 Å². The van der Waals surface area contributed by atoms with E-state index in [-0.39, 0.29) is 5.41 Å². The van der Waals surface area contributed by atoms with Crippen molar-refractivity contribution in [1.82, 2.24) is 4.40 Å². The van der Waals surface area contributed by atoms with Crippen molar-refractivity contribution < 1.29 is 4.57 Å². The maximum Gasteiger partial charge on any atom is 0.224 e. The number of nitrogens with zero attached hydrogens (tertiary/aromatic N) is 2. The third kappa shape index (κ3) is 3.12. The molecule has 1 aliphatic rings. The van der Waals surface area contributed by atoms with Gasteiger partial charge in [-0.15, -0.1) is 0 Å². The highest BCUT2D eigenvalue weighted by atomic mass is 15.0. The van der Waals surface area contributed by atoms with Gasteiger partial charge in [-0.05, 0) is 82.5 Å². The fraction of sp³-hybridized carbons (Fsp3) is 0.324. The van der Waals surface area contributed by atoms with Gasteiger partial charge in [0.25, 0.3) is 0 Å². The first-order valence-electron chi connectivity index (χ1n) is 14.8. The Bertz CT molecular complexity index is 2100. The van der Waals surface area contributed by atoms with Crippen LogP contribution in [0, 0.1) is 12.3 Å². The first-order chi connectivity index (χ1) is 18.8. The van der Waals surface area contributed by atoms with Gasteiger partial charge in [-0.1, -0.05) is 76.1 Å². The summed E-state index contributed by atoms with van der Waals surface area (Å²) in [6, 6.07) is 23.2. The van der Waals surface area contributed by atoms with Crippen molar-refractivity contribution >= 4 is 59.8 Å². The van der Waals surface area contributed by atoms with Gasteiger partial charge in [0.15, 0.2) is 6.20 Å². The van der Waals surface area contributed by atoms with Crippen LogP contribution in [0.15, 0.2) is 66.9 Å². The Balaban J connectivity index is 1.76. The molecule has 4 aromatic carbocycles. The van der Waals surface area contributed by atoms with Crippen LogP contribution in [0.25, 0.3) is 59.8 Å². The van der Waals surface area contributed by atoms with Gasteiger partial charge >= 0.3 is 0 Å². The highest BCUT2D eigenvalue weighted by molar-refractivity contribution is 6.29. The zero-order chi connectivity index (χ0) is 26.6. The summed E-state index contributed by atoms with van der Waals surface area (Å²) in [5.74, 6) is 0.653. The predicted molar refractivity (Wildman–Crippen MR) is 166 cm³/mol. The molecule has 2 heteroatoms. The van der Waals surface area contributed by atoms with Gasteiger partial charge in [0.05, 0.1) is 27.3 Å². The summed E-state index contributed by atoms with van der Waals surface area (Å²) < 4.78 is 5.08. The Labute approximate surface area is 230 Å². The van der Waals surface area contributed by atoms with E-state index < -0.39 is 0 Å². The lowest BCUT2D eigenvalue weighted by Crippen LogP contribution is -2.29. The average molecular weight is 510 g/mol. The molecule has 1 saturated carbocycles. The van der Waals surface area contributed by atoms with E-state index in [1.807, 2.05) is 0 Å². The second-order valence-corrected chi connectivity index (χ2v) is 13.4. The molecule has 3 heterocycles. The molecule has 1 fully saturated rings. The Hall–Kier alpha value is -3.65. The van der Waals surface area contributed by atoms with Gasteiger partial charge in [0.2, 0.25) is 5.52 Å². The van der Waals surface area contributed by atoms with Crippen molar-refractivity contribution in [1.29, 1.82) is 0 Å². The molecule has 0 radical (unpaired) electrons. The van der Waals surface area contributed by atoms with E-state index in [2.05, 4.69) is 111 Å². The first kappa shape index (κ1) is 23.3. The lowest BCUT2D eigenvalue weighted by Gasteiger charge is -2.24. The number of para-hydroxylation sites is 1. The maximum absolute atomic E-state index is 2.69. The summed E-state index contributed by atoms with van der Waals surface area (Å²) in [4.78, 5) is 0. The zero-order valence-electron chi connectivity index (χ0n) is 23.9. The van der Waals surface area contributed by atoms with Crippen LogP contribution in [0.2, 0.25) is 0 Å². The molecule has 39 heavy (non-hydrogen) atoms. The van der Waals surface area contributed by atoms with Gasteiger partial charge in [-0.25, -0.2) is 4.57 Å². The summed E-state index contributed by atoms with van der Waals surface area (Å²) in [5.41, 5.74) is 10.2. The molecule has 8 rings (SSSR count). The van der Waals surface area contributed by atoms with Crippen LogP contribution in [0.5, 0.6) is 0 Å². The average Bonchev–Trinajstić information content (AvgIpc) is 3.58. The lowest BCUT2D eigenvalue weighted by molar-refractivity contribution is -0.643. The van der Waals surface area contributed by atoms with Crippen LogP contribution in [0.3, 0.4) is 0 Å². The van der Waals surface area contributed by atoms with E-state index in [0.717, 1.165) is 6.42 Å². The van der Waals surface area contributed by atoms with Crippen molar-refractivity contribution in [2.24, 2.45) is 12.5 Å². The molecule has 0 spiro atoms. The van der Waals surface area contributed by atoms with Crippen LogP contribution < -0.4 is 4.57 Å². The fourth-order valence-corrected chi connectivity index (χ4v) is 8.04. The van der Waals surface area contributed by atoms with Crippen LogP contribution in [0.1, 0.15) is 69.1 Å². The minimum Gasteiger partial charge on any atom is -0.307 e. The van der Waals surface area contributed by atoms with Crippen molar-refractivity contribution in [3.05, 3.63) is 83.6 Å². The molecule has 1 aliphatic carbocycles. The normalized spacial score (nSPS) is 15.4. The SMILES string of the molecule is Cc1c2ccccc2c(CC(C)(C)C)c2c1c1c3c(cc[n+]1C)cc(C1CCCC1)c1c4ccccc4n2c13. The van der Waals surface area contributed by atoms with Crippen LogP contribution in [0.4, 0.5) is 0 Å². The smallest absolute Gasteiger partial charge is 0.224 e. The fourth-order valence-electron chi connectivity index (χ4n) is 8.04. The molecule has 7 aromatic rings. The predicted octanol–water partition coefficient (Wildman–Crippen LogP) is 9.52. The number of benzene rings is 4. The monoisotopic (exact) mass is 509 g/mol. The van der Waals surface area contributed by atoms with Crippen LogP contribution >= 0.6 is 0 Å². The Morgan fingerprint density at radius 2 is 1.51 bits per heavy atom. The Kier molecular flexibility index (Phi) is 4.74. The van der Waals surface area contributed by atoms with Gasteiger partial charge in [-0.2, -0.15) is 0 Å². The molecular formula is C37H37N2+. The summed E-state index contributed by atoms with van der Waals surface area (Å²) in [5, 5.41) is 9.90. The minimum absolute atomic E-state index is 0.161. The number of hydrogen-bond donors (Lipinski definition) is 0. The molecule has 0 aliphatic heterocycles. The minimum atomic E-state index is 0.161. The third-order valence-electron chi connectivity index (χ3n) is 9.58. The number of aryl methyl sites for hydroxylation is 2. The van der Waals surface area contributed by atoms with Crippen molar-refractivity contribution in [3.63, 3.8) is 0 Å². The molecule has 0 saturated heterocycles. The number of aromatic nitrogens is 2. The number of fused-ring (bicyclic) bond motifs is 7. The Morgan fingerprint density at radius 1 is 0.821 bits per heavy atom. The lowest BCUT2D eigenvalue weighted by atomic mass is 9.83. The van der Waals surface area contributed by atoms with Gasteiger partial charge in [0, 0.05) is 16.8 Å². The summed E-state index contributed by atoms with van der Waals surface area (Å²) in [6.07, 6.45) is 8.64. The van der Waals surface area contributed by atoms with E-state index in [1.54, 1.807) is 5.56 Å². The molecule has 2 nitrogen and oxygen atoms in total. The highest BCUT2D eigenvalue weighted by Crippen LogP contribution is 2.49. The molecule has 0 amide bonds. The van der Waals surface area contributed by atoms with E-state index >= 15 is 0 Å². The van der Waals surface area contributed by atoms with Crippen molar-refractivity contribution in [2.75, 3.05) is 0 Å². The van der Waals surface area contributed by atoms with Crippen LogP contribution in [-0.4, -0.2) is 4.40 Å². The second kappa shape index (κ2) is 7.94. The van der Waals surface area contributed by atoms with E-state index in [1.165, 1.54) is 96.6 Å². The van der Waals surface area contributed by atoms with Gasteiger partial charge in [0.1, 0.15) is 7.05 Å². The summed E-state index contributed by atoms with van der Waals surface area (Å²) >= 11 is 0. The standard InChI is InChI=1S/C37H37N2/c1-22-25-14-8-9-15-26(25)29(21-37(2,3)4)34-31(22)35-32-24(18-19-38(35)5)20-28(23-12-6-7-13-23)33-27-16-10-11-17-30(27)39(34)36(32)33/h8-11,14-20,23H,6-7,12-13,21H2,1-5H3/q+1. The molecule has 0 unspecified atom stereocenters. The molecule has 194 valence electrons. The molecule has 0 bridgehead atoms. The van der Waals surface area contributed by atoms with Crippen molar-refractivity contribution in [3.8, 4) is 0 Å². The number of hydrogen-bond acceptors (Lipinski definition) is 0. The third-order valence-corrected chi connectivity index (χ3v) is 9.58. The number of rotatable bonds is 2. The quantitative estimate of drug-likeness (QED) is 0.125. The maximum atomic E-state index is 2.69. The summed E-state index contributed by atoms with van der Waals surface area (Å²) in [7, 11) is 2.24. The molecule has 3 aromatic heterocycles. The number of pyridine rings is 2. The highest BCUT2D eigenvalue weighted by Gasteiger charge is 2.31. The van der Waals surface area contributed by atoms with Gasteiger partial charge < -0.3 is 4.40 Å². The molecule has 0 N–H and O–H groups in total. The van der Waals surface area contributed by atoms with Crippen LogP contribution in [-0.2, 0) is 13.5 Å². The van der Waals surface area contributed by atoms with E-state index in [0.29, 0.717) is 5.92 Å².